The van der Waals surface area contributed by atoms with E-state index in [0.717, 1.165) is 0 Å². The molecule has 4 aromatic rings. The van der Waals surface area contributed by atoms with Crippen LogP contribution in [0.15, 0.2) is 76.5 Å². The summed E-state index contributed by atoms with van der Waals surface area (Å²) < 4.78 is 1.18. The molecule has 4 rings (SSSR count). The molecule has 1 aromatic heterocycles. The highest BCUT2D eigenvalue weighted by Crippen LogP contribution is 2.30. The van der Waals surface area contributed by atoms with Crippen molar-refractivity contribution in [2.45, 2.75) is 0 Å². The molecule has 1 heterocycles. The molecule has 0 radical (unpaired) electrons. The number of halogens is 3. The fraction of sp³-hybridized carbons (Fsp3) is 0. The van der Waals surface area contributed by atoms with Gasteiger partial charge in [0.05, 0.1) is 32.0 Å². The van der Waals surface area contributed by atoms with Gasteiger partial charge in [-0.05, 0) is 36.4 Å². The van der Waals surface area contributed by atoms with E-state index in [1.54, 1.807) is 66.7 Å². The topological polar surface area (TPSA) is 54.6 Å². The van der Waals surface area contributed by atoms with Crippen molar-refractivity contribution in [1.82, 2.24) is 4.57 Å². The highest BCUT2D eigenvalue weighted by molar-refractivity contribution is 6.42. The molecular weight excluding hydrogens is 431 g/mol. The third-order valence-electron chi connectivity index (χ3n) is 4.44. The molecule has 0 saturated heterocycles. The quantitative estimate of drug-likeness (QED) is 0.372. The SMILES string of the molecule is O=c1c2ccccc2c(C=Nc2ccc(Cl)c(Cl)c2)c(O)n1-c1ccccc1Cl. The van der Waals surface area contributed by atoms with Crippen molar-refractivity contribution in [2.24, 2.45) is 4.99 Å². The third kappa shape index (κ3) is 3.62. The lowest BCUT2D eigenvalue weighted by molar-refractivity contribution is 0.436. The van der Waals surface area contributed by atoms with E-state index in [1.807, 2.05) is 0 Å². The number of fused-ring (bicyclic) bond motifs is 1. The predicted molar refractivity (Wildman–Crippen MR) is 120 cm³/mol. The van der Waals surface area contributed by atoms with Crippen LogP contribution in [0, 0.1) is 0 Å². The van der Waals surface area contributed by atoms with Gasteiger partial charge in [0.1, 0.15) is 0 Å². The Kier molecular flexibility index (Phi) is 5.33. The van der Waals surface area contributed by atoms with Crippen LogP contribution in [0.1, 0.15) is 5.56 Å². The van der Waals surface area contributed by atoms with Crippen LogP contribution < -0.4 is 5.56 Å². The molecule has 0 amide bonds. The largest absolute Gasteiger partial charge is 0.494 e. The number of hydrogen-bond donors (Lipinski definition) is 1. The first-order chi connectivity index (χ1) is 14.0. The number of rotatable bonds is 3. The van der Waals surface area contributed by atoms with E-state index in [4.69, 9.17) is 34.8 Å². The molecule has 0 fully saturated rings. The Hall–Kier alpha value is -2.79. The van der Waals surface area contributed by atoms with Crippen molar-refractivity contribution < 1.29 is 5.11 Å². The molecule has 0 atom stereocenters. The summed E-state index contributed by atoms with van der Waals surface area (Å²) in [6.45, 7) is 0. The van der Waals surface area contributed by atoms with Crippen molar-refractivity contribution >= 4 is 57.5 Å². The number of para-hydroxylation sites is 1. The highest BCUT2D eigenvalue weighted by atomic mass is 35.5. The summed E-state index contributed by atoms with van der Waals surface area (Å²) in [7, 11) is 0. The Bertz CT molecular complexity index is 1330. The van der Waals surface area contributed by atoms with Crippen LogP contribution in [0.4, 0.5) is 5.69 Å². The molecule has 29 heavy (non-hydrogen) atoms. The van der Waals surface area contributed by atoms with Gasteiger partial charge in [-0.2, -0.15) is 0 Å². The van der Waals surface area contributed by atoms with E-state index in [0.29, 0.717) is 42.8 Å². The molecule has 1 N–H and O–H groups in total. The zero-order valence-corrected chi connectivity index (χ0v) is 17.1. The summed E-state index contributed by atoms with van der Waals surface area (Å²) in [4.78, 5) is 17.5. The van der Waals surface area contributed by atoms with E-state index in [-0.39, 0.29) is 11.4 Å². The molecular formula is C22H13Cl3N2O2. The maximum atomic E-state index is 13.1. The molecule has 7 heteroatoms. The van der Waals surface area contributed by atoms with Crippen molar-refractivity contribution in [3.63, 3.8) is 0 Å². The Morgan fingerprint density at radius 2 is 1.52 bits per heavy atom. The predicted octanol–water partition coefficient (Wildman–Crippen LogP) is 6.41. The number of pyridine rings is 1. The van der Waals surface area contributed by atoms with Crippen molar-refractivity contribution in [1.29, 1.82) is 0 Å². The Balaban J connectivity index is 1.98. The van der Waals surface area contributed by atoms with Crippen LogP contribution in [-0.2, 0) is 0 Å². The normalized spacial score (nSPS) is 11.4. The fourth-order valence-electron chi connectivity index (χ4n) is 3.05. The summed E-state index contributed by atoms with van der Waals surface area (Å²) in [5.74, 6) is -0.259. The second kappa shape index (κ2) is 7.91. The van der Waals surface area contributed by atoms with E-state index in [9.17, 15) is 9.90 Å². The second-order valence-electron chi connectivity index (χ2n) is 6.23. The van der Waals surface area contributed by atoms with Gasteiger partial charge in [-0.15, -0.1) is 0 Å². The summed E-state index contributed by atoms with van der Waals surface area (Å²) in [5.41, 5.74) is 0.939. The fourth-order valence-corrected chi connectivity index (χ4v) is 3.56. The zero-order valence-electron chi connectivity index (χ0n) is 14.8. The number of hydrogen-bond acceptors (Lipinski definition) is 3. The van der Waals surface area contributed by atoms with E-state index >= 15 is 0 Å². The van der Waals surface area contributed by atoms with E-state index < -0.39 is 0 Å². The summed E-state index contributed by atoms with van der Waals surface area (Å²) >= 11 is 18.3. The Labute approximate surface area is 181 Å². The van der Waals surface area contributed by atoms with Crippen LogP contribution >= 0.6 is 34.8 Å². The van der Waals surface area contributed by atoms with Gasteiger partial charge in [0, 0.05) is 17.0 Å². The first kappa shape index (κ1) is 19.5. The molecule has 0 saturated carbocycles. The number of aromatic nitrogens is 1. The summed E-state index contributed by atoms with van der Waals surface area (Å²) in [6, 6.07) is 18.8. The minimum absolute atomic E-state index is 0.259. The van der Waals surface area contributed by atoms with Gasteiger partial charge >= 0.3 is 0 Å². The number of aliphatic imine (C=N–C) groups is 1. The van der Waals surface area contributed by atoms with Crippen molar-refractivity contribution in [3.05, 3.63) is 97.7 Å². The van der Waals surface area contributed by atoms with Gasteiger partial charge in [0.2, 0.25) is 5.88 Å². The van der Waals surface area contributed by atoms with Gasteiger partial charge in [0.25, 0.3) is 5.56 Å². The van der Waals surface area contributed by atoms with Gasteiger partial charge in [-0.1, -0.05) is 65.1 Å². The van der Waals surface area contributed by atoms with Crippen molar-refractivity contribution in [3.8, 4) is 11.6 Å². The monoisotopic (exact) mass is 442 g/mol. The van der Waals surface area contributed by atoms with Crippen molar-refractivity contribution in [2.75, 3.05) is 0 Å². The maximum absolute atomic E-state index is 13.1. The van der Waals surface area contributed by atoms with Gasteiger partial charge < -0.3 is 5.11 Å². The molecule has 144 valence electrons. The van der Waals surface area contributed by atoms with Crippen LogP contribution in [0.3, 0.4) is 0 Å². The average molecular weight is 444 g/mol. The highest BCUT2D eigenvalue weighted by Gasteiger charge is 2.17. The molecule has 3 aromatic carbocycles. The molecule has 4 nitrogen and oxygen atoms in total. The number of nitrogens with zero attached hydrogens (tertiary/aromatic N) is 2. The lowest BCUT2D eigenvalue weighted by Gasteiger charge is -2.14. The van der Waals surface area contributed by atoms with Gasteiger partial charge in [-0.3, -0.25) is 9.79 Å². The molecule has 0 spiro atoms. The zero-order chi connectivity index (χ0) is 20.5. The van der Waals surface area contributed by atoms with Crippen LogP contribution in [0.5, 0.6) is 5.88 Å². The first-order valence-corrected chi connectivity index (χ1v) is 9.71. The summed E-state index contributed by atoms with van der Waals surface area (Å²) in [5, 5.41) is 13.1. The lowest BCUT2D eigenvalue weighted by Crippen LogP contribution is -2.20. The molecule has 0 aliphatic rings. The summed E-state index contributed by atoms with van der Waals surface area (Å²) in [6.07, 6.45) is 1.49. The number of benzene rings is 3. The van der Waals surface area contributed by atoms with Gasteiger partial charge in [0.15, 0.2) is 0 Å². The Morgan fingerprint density at radius 3 is 2.24 bits per heavy atom. The van der Waals surface area contributed by atoms with Crippen LogP contribution in [0.25, 0.3) is 16.5 Å². The number of aromatic hydroxyl groups is 1. The second-order valence-corrected chi connectivity index (χ2v) is 7.45. The van der Waals surface area contributed by atoms with E-state index in [2.05, 4.69) is 4.99 Å². The minimum Gasteiger partial charge on any atom is -0.494 e. The van der Waals surface area contributed by atoms with Crippen LogP contribution in [0.2, 0.25) is 15.1 Å². The lowest BCUT2D eigenvalue weighted by atomic mass is 10.1. The molecule has 0 bridgehead atoms. The maximum Gasteiger partial charge on any atom is 0.265 e. The average Bonchev–Trinajstić information content (AvgIpc) is 2.72. The molecule has 0 aliphatic carbocycles. The minimum atomic E-state index is -0.377. The standard InChI is InChI=1S/C22H13Cl3N2O2/c23-17-10-9-13(11-19(17)25)26-12-16-14-5-1-2-6-15(14)21(28)27(22(16)29)20-8-4-3-7-18(20)24/h1-12,29H. The third-order valence-corrected chi connectivity index (χ3v) is 5.50. The Morgan fingerprint density at radius 1 is 0.828 bits per heavy atom. The van der Waals surface area contributed by atoms with Gasteiger partial charge in [-0.25, -0.2) is 4.57 Å². The smallest absolute Gasteiger partial charge is 0.265 e. The van der Waals surface area contributed by atoms with E-state index in [1.165, 1.54) is 10.8 Å². The molecule has 0 unspecified atom stereocenters. The first-order valence-electron chi connectivity index (χ1n) is 8.58. The molecule has 0 aliphatic heterocycles. The van der Waals surface area contributed by atoms with Crippen LogP contribution in [-0.4, -0.2) is 15.9 Å².